The van der Waals surface area contributed by atoms with E-state index < -0.39 is 10.0 Å². The Balaban J connectivity index is 2.82. The third kappa shape index (κ3) is 5.86. The van der Waals surface area contributed by atoms with Crippen LogP contribution >= 0.6 is 0 Å². The minimum Gasteiger partial charge on any atom is -0.395 e. The van der Waals surface area contributed by atoms with Gasteiger partial charge in [0.25, 0.3) is 0 Å². The van der Waals surface area contributed by atoms with Gasteiger partial charge in [-0.1, -0.05) is 18.8 Å². The summed E-state index contributed by atoms with van der Waals surface area (Å²) in [6.45, 7) is 2.24. The van der Waals surface area contributed by atoms with Crippen LogP contribution in [0.15, 0.2) is 29.2 Å². The van der Waals surface area contributed by atoms with Gasteiger partial charge in [-0.15, -0.1) is 0 Å². The van der Waals surface area contributed by atoms with Crippen molar-refractivity contribution in [3.8, 4) is 11.8 Å². The van der Waals surface area contributed by atoms with Crippen LogP contribution in [-0.2, 0) is 14.8 Å². The number of nitrogens with one attached hydrogen (secondary N) is 1. The van der Waals surface area contributed by atoms with E-state index in [-0.39, 0.29) is 17.5 Å². The highest BCUT2D eigenvalue weighted by molar-refractivity contribution is 7.89. The fourth-order valence-electron chi connectivity index (χ4n) is 1.66. The number of ether oxygens (including phenoxy) is 1. The van der Waals surface area contributed by atoms with E-state index in [1.54, 1.807) is 12.1 Å². The van der Waals surface area contributed by atoms with Gasteiger partial charge in [-0.3, -0.25) is 0 Å². The molecule has 0 bridgehead atoms. The highest BCUT2D eigenvalue weighted by Gasteiger charge is 2.18. The third-order valence-electron chi connectivity index (χ3n) is 2.82. The molecule has 0 amide bonds. The summed E-state index contributed by atoms with van der Waals surface area (Å²) in [6, 6.07) is 6.09. The van der Waals surface area contributed by atoms with Crippen LogP contribution in [0.3, 0.4) is 0 Å². The summed E-state index contributed by atoms with van der Waals surface area (Å²) < 4.78 is 32.0. The van der Waals surface area contributed by atoms with Crippen molar-refractivity contribution in [1.82, 2.24) is 4.72 Å². The Morgan fingerprint density at radius 3 is 2.52 bits per heavy atom. The van der Waals surface area contributed by atoms with Crippen molar-refractivity contribution in [3.05, 3.63) is 29.8 Å². The monoisotopic (exact) mass is 311 g/mol. The summed E-state index contributed by atoms with van der Waals surface area (Å²) in [4.78, 5) is 0.199. The van der Waals surface area contributed by atoms with E-state index in [4.69, 9.17) is 9.84 Å². The van der Waals surface area contributed by atoms with E-state index in [0.29, 0.717) is 25.0 Å². The maximum absolute atomic E-state index is 12.2. The van der Waals surface area contributed by atoms with Crippen LogP contribution < -0.4 is 4.72 Å². The van der Waals surface area contributed by atoms with E-state index >= 15 is 0 Å². The Bertz CT molecular complexity index is 584. The smallest absolute Gasteiger partial charge is 0.240 e. The van der Waals surface area contributed by atoms with Crippen molar-refractivity contribution < 1.29 is 18.3 Å². The Kier molecular flexibility index (Phi) is 7.40. The lowest BCUT2D eigenvalue weighted by molar-refractivity contribution is 0.173. The molecule has 116 valence electrons. The first-order valence-corrected chi connectivity index (χ1v) is 8.23. The molecular formula is C15H21NO4S. The molecule has 2 N–H and O–H groups in total. The Labute approximate surface area is 126 Å². The molecule has 0 aromatic heterocycles. The van der Waals surface area contributed by atoms with Crippen molar-refractivity contribution in [1.29, 1.82) is 0 Å². The summed E-state index contributed by atoms with van der Waals surface area (Å²) in [5.41, 5.74) is 0.714. The molecule has 0 heterocycles. The van der Waals surface area contributed by atoms with E-state index in [1.807, 2.05) is 6.92 Å². The van der Waals surface area contributed by atoms with Crippen LogP contribution in [0.25, 0.3) is 0 Å². The van der Waals surface area contributed by atoms with Crippen molar-refractivity contribution in [2.75, 3.05) is 20.3 Å². The second kappa shape index (κ2) is 8.80. The number of benzene rings is 1. The van der Waals surface area contributed by atoms with Crippen molar-refractivity contribution in [2.24, 2.45) is 0 Å². The minimum absolute atomic E-state index is 0.0152. The predicted octanol–water partition coefficient (Wildman–Crippen LogP) is 1.12. The molecular weight excluding hydrogens is 290 g/mol. The number of sulfonamides is 1. The van der Waals surface area contributed by atoms with Crippen molar-refractivity contribution >= 4 is 10.0 Å². The zero-order valence-corrected chi connectivity index (χ0v) is 13.1. The van der Waals surface area contributed by atoms with E-state index in [0.717, 1.165) is 0 Å². The topological polar surface area (TPSA) is 75.6 Å². The Morgan fingerprint density at radius 1 is 1.33 bits per heavy atom. The van der Waals surface area contributed by atoms with Crippen molar-refractivity contribution in [3.63, 3.8) is 0 Å². The minimum atomic E-state index is -3.55. The molecule has 0 radical (unpaired) electrons. The largest absolute Gasteiger partial charge is 0.395 e. The zero-order chi connectivity index (χ0) is 15.7. The summed E-state index contributed by atoms with van der Waals surface area (Å²) in [7, 11) is -2.02. The maximum atomic E-state index is 12.2. The van der Waals surface area contributed by atoms with Crippen LogP contribution in [0.1, 0.15) is 25.3 Å². The third-order valence-corrected chi connectivity index (χ3v) is 4.35. The SMILES string of the molecule is CCC(COC)NS(=O)(=O)c1ccc(C#CCCO)cc1. The van der Waals surface area contributed by atoms with Gasteiger partial charge < -0.3 is 9.84 Å². The normalized spacial score (nSPS) is 12.5. The lowest BCUT2D eigenvalue weighted by Gasteiger charge is -2.16. The summed E-state index contributed by atoms with van der Waals surface area (Å²) in [5, 5.41) is 8.65. The molecule has 0 fully saturated rings. The fraction of sp³-hybridized carbons (Fsp3) is 0.467. The average molecular weight is 311 g/mol. The molecule has 1 atom stereocenters. The molecule has 1 unspecified atom stereocenters. The Hall–Kier alpha value is -1.39. The van der Waals surface area contributed by atoms with Gasteiger partial charge in [-0.25, -0.2) is 13.1 Å². The van der Waals surface area contributed by atoms with Gasteiger partial charge in [0.1, 0.15) is 0 Å². The second-order valence-corrected chi connectivity index (χ2v) is 6.20. The number of aliphatic hydroxyl groups is 1. The van der Waals surface area contributed by atoms with Gasteiger partial charge in [-0.2, -0.15) is 0 Å². The molecule has 1 aromatic carbocycles. The van der Waals surface area contributed by atoms with Crippen LogP contribution in [-0.4, -0.2) is 39.9 Å². The van der Waals surface area contributed by atoms with Crippen LogP contribution in [0.2, 0.25) is 0 Å². The van der Waals surface area contributed by atoms with Crippen LogP contribution in [0.4, 0.5) is 0 Å². The molecule has 1 aromatic rings. The van der Waals surface area contributed by atoms with Gasteiger partial charge in [-0.05, 0) is 30.7 Å². The van der Waals surface area contributed by atoms with Gasteiger partial charge in [0.2, 0.25) is 10.0 Å². The molecule has 6 heteroatoms. The molecule has 0 aliphatic carbocycles. The predicted molar refractivity (Wildman–Crippen MR) is 81.3 cm³/mol. The number of hydrogen-bond acceptors (Lipinski definition) is 4. The quantitative estimate of drug-likeness (QED) is 0.740. The molecule has 0 spiro atoms. The molecule has 0 saturated heterocycles. The molecule has 0 aliphatic heterocycles. The highest BCUT2D eigenvalue weighted by Crippen LogP contribution is 2.11. The van der Waals surface area contributed by atoms with E-state index in [2.05, 4.69) is 16.6 Å². The van der Waals surface area contributed by atoms with E-state index in [9.17, 15) is 8.42 Å². The molecule has 0 aliphatic rings. The number of aliphatic hydroxyl groups excluding tert-OH is 1. The Morgan fingerprint density at radius 2 is 2.00 bits per heavy atom. The van der Waals surface area contributed by atoms with Crippen molar-refractivity contribution in [2.45, 2.75) is 30.7 Å². The molecule has 21 heavy (non-hydrogen) atoms. The first-order chi connectivity index (χ1) is 10.0. The number of hydrogen-bond donors (Lipinski definition) is 2. The summed E-state index contributed by atoms with van der Waals surface area (Å²) in [6.07, 6.45) is 1.05. The second-order valence-electron chi connectivity index (χ2n) is 4.48. The van der Waals surface area contributed by atoms with E-state index in [1.165, 1.54) is 19.2 Å². The lowest BCUT2D eigenvalue weighted by Crippen LogP contribution is -2.37. The van der Waals surface area contributed by atoms with Gasteiger partial charge in [0.05, 0.1) is 18.1 Å². The molecule has 0 saturated carbocycles. The lowest BCUT2D eigenvalue weighted by atomic mass is 10.2. The summed E-state index contributed by atoms with van der Waals surface area (Å²) >= 11 is 0. The maximum Gasteiger partial charge on any atom is 0.240 e. The van der Waals surface area contributed by atoms with Crippen LogP contribution in [0, 0.1) is 11.8 Å². The number of rotatable bonds is 7. The fourth-order valence-corrected chi connectivity index (χ4v) is 2.97. The molecule has 5 nitrogen and oxygen atoms in total. The van der Waals surface area contributed by atoms with Gasteiger partial charge in [0, 0.05) is 25.1 Å². The number of methoxy groups -OCH3 is 1. The zero-order valence-electron chi connectivity index (χ0n) is 12.3. The summed E-state index contributed by atoms with van der Waals surface area (Å²) in [5.74, 6) is 5.64. The van der Waals surface area contributed by atoms with Crippen LogP contribution in [0.5, 0.6) is 0 Å². The standard InChI is InChI=1S/C15H21NO4S/c1-3-14(12-20-2)16-21(18,19)15-9-7-13(8-10-15)6-4-5-11-17/h7-10,14,16-17H,3,5,11-12H2,1-2H3. The van der Waals surface area contributed by atoms with Gasteiger partial charge >= 0.3 is 0 Å². The molecule has 1 rings (SSSR count). The highest BCUT2D eigenvalue weighted by atomic mass is 32.2. The van der Waals surface area contributed by atoms with Gasteiger partial charge in [0.15, 0.2) is 0 Å². The average Bonchev–Trinajstić information content (AvgIpc) is 2.47. The first kappa shape index (κ1) is 17.7. The first-order valence-electron chi connectivity index (χ1n) is 6.74.